The zero-order valence-corrected chi connectivity index (χ0v) is 15.0. The third-order valence-corrected chi connectivity index (χ3v) is 3.72. The van der Waals surface area contributed by atoms with E-state index in [4.69, 9.17) is 10.00 Å². The molecule has 27 heavy (non-hydrogen) atoms. The van der Waals surface area contributed by atoms with E-state index in [-0.39, 0.29) is 12.0 Å². The second-order valence-electron chi connectivity index (χ2n) is 5.85. The summed E-state index contributed by atoms with van der Waals surface area (Å²) in [6, 6.07) is 13.4. The van der Waals surface area contributed by atoms with Gasteiger partial charge < -0.3 is 15.4 Å². The van der Waals surface area contributed by atoms with Gasteiger partial charge in [0.2, 0.25) is 5.91 Å². The summed E-state index contributed by atoms with van der Waals surface area (Å²) in [6.45, 7) is 3.35. The number of nitrogens with one attached hydrogen (secondary N) is 2. The van der Waals surface area contributed by atoms with Crippen LogP contribution in [-0.2, 0) is 14.3 Å². The smallest absolute Gasteiger partial charge is 0.338 e. The molecule has 0 heterocycles. The average Bonchev–Trinajstić information content (AvgIpc) is 2.63. The predicted molar refractivity (Wildman–Crippen MR) is 100 cm³/mol. The maximum absolute atomic E-state index is 12.0. The third kappa shape index (κ3) is 5.68. The highest BCUT2D eigenvalue weighted by atomic mass is 16.5. The molecular weight excluding hydrogens is 346 g/mol. The maximum atomic E-state index is 12.0. The fourth-order valence-electron chi connectivity index (χ4n) is 2.37. The first-order valence-corrected chi connectivity index (χ1v) is 8.20. The molecule has 0 aliphatic carbocycles. The minimum atomic E-state index is -0.651. The molecule has 2 amide bonds. The first-order valence-electron chi connectivity index (χ1n) is 8.20. The van der Waals surface area contributed by atoms with Gasteiger partial charge in [-0.2, -0.15) is 5.26 Å². The quantitative estimate of drug-likeness (QED) is 0.765. The Labute approximate surface area is 156 Å². The largest absolute Gasteiger partial charge is 0.452 e. The van der Waals surface area contributed by atoms with Crippen molar-refractivity contribution >= 4 is 29.2 Å². The highest BCUT2D eigenvalue weighted by Gasteiger charge is 2.12. The lowest BCUT2D eigenvalue weighted by Gasteiger charge is -2.11. The van der Waals surface area contributed by atoms with Crippen molar-refractivity contribution in [2.24, 2.45) is 0 Å². The van der Waals surface area contributed by atoms with Crippen molar-refractivity contribution in [3.05, 3.63) is 59.2 Å². The van der Waals surface area contributed by atoms with E-state index in [1.165, 1.54) is 24.3 Å². The lowest BCUT2D eigenvalue weighted by Crippen LogP contribution is -2.21. The van der Waals surface area contributed by atoms with Gasteiger partial charge in [0.05, 0.1) is 11.6 Å². The Morgan fingerprint density at radius 2 is 1.59 bits per heavy atom. The SMILES string of the molecule is Cc1cccc(C)c1NC(=O)COC(=O)c1ccc(NC(=O)CC#N)cc1. The van der Waals surface area contributed by atoms with Crippen LogP contribution in [0.2, 0.25) is 0 Å². The number of amides is 2. The highest BCUT2D eigenvalue weighted by Crippen LogP contribution is 2.19. The van der Waals surface area contributed by atoms with Crippen molar-refractivity contribution in [3.8, 4) is 6.07 Å². The van der Waals surface area contributed by atoms with E-state index < -0.39 is 24.4 Å². The molecule has 0 aliphatic heterocycles. The normalized spacial score (nSPS) is 9.81. The van der Waals surface area contributed by atoms with Crippen LogP contribution < -0.4 is 10.6 Å². The van der Waals surface area contributed by atoms with E-state index in [1.54, 1.807) is 6.07 Å². The molecule has 0 aromatic heterocycles. The Morgan fingerprint density at radius 1 is 0.963 bits per heavy atom. The van der Waals surface area contributed by atoms with Crippen molar-refractivity contribution in [1.29, 1.82) is 5.26 Å². The summed E-state index contributed by atoms with van der Waals surface area (Å²) in [5.41, 5.74) is 3.25. The van der Waals surface area contributed by atoms with Crippen LogP contribution in [-0.4, -0.2) is 24.4 Å². The number of nitriles is 1. The standard InChI is InChI=1S/C20H19N3O4/c1-13-4-3-5-14(2)19(13)23-18(25)12-27-20(26)15-6-8-16(9-7-15)22-17(24)10-11-21/h3-9H,10,12H2,1-2H3,(H,22,24)(H,23,25). The summed E-state index contributed by atoms with van der Waals surface area (Å²) in [6.07, 6.45) is -0.251. The molecule has 7 nitrogen and oxygen atoms in total. The Kier molecular flexibility index (Phi) is 6.67. The van der Waals surface area contributed by atoms with E-state index >= 15 is 0 Å². The first kappa shape index (κ1) is 19.7. The molecule has 0 radical (unpaired) electrons. The molecule has 2 N–H and O–H groups in total. The minimum Gasteiger partial charge on any atom is -0.452 e. The van der Waals surface area contributed by atoms with E-state index in [2.05, 4.69) is 10.6 Å². The summed E-state index contributed by atoms with van der Waals surface area (Å²) in [5, 5.41) is 13.7. The van der Waals surface area contributed by atoms with Gasteiger partial charge in [-0.15, -0.1) is 0 Å². The minimum absolute atomic E-state index is 0.244. The van der Waals surface area contributed by atoms with Crippen LogP contribution in [0.3, 0.4) is 0 Å². The Balaban J connectivity index is 1.89. The zero-order chi connectivity index (χ0) is 19.8. The van der Waals surface area contributed by atoms with E-state index in [1.807, 2.05) is 32.0 Å². The summed E-state index contributed by atoms with van der Waals surface area (Å²) in [5.74, 6) is -1.52. The Bertz CT molecular complexity index is 878. The average molecular weight is 365 g/mol. The second kappa shape index (κ2) is 9.15. The van der Waals surface area contributed by atoms with Crippen LogP contribution in [0.5, 0.6) is 0 Å². The van der Waals surface area contributed by atoms with Crippen LogP contribution in [0.25, 0.3) is 0 Å². The molecule has 2 aromatic carbocycles. The number of hydrogen-bond acceptors (Lipinski definition) is 5. The number of benzene rings is 2. The van der Waals surface area contributed by atoms with Gasteiger partial charge in [0.1, 0.15) is 6.42 Å². The molecular formula is C20H19N3O4. The van der Waals surface area contributed by atoms with Gasteiger partial charge in [0.25, 0.3) is 5.91 Å². The molecule has 138 valence electrons. The number of ether oxygens (including phenoxy) is 1. The van der Waals surface area contributed by atoms with Crippen LogP contribution in [0, 0.1) is 25.2 Å². The molecule has 0 unspecified atom stereocenters. The Hall–Kier alpha value is -3.66. The van der Waals surface area contributed by atoms with E-state index in [9.17, 15) is 14.4 Å². The maximum Gasteiger partial charge on any atom is 0.338 e. The van der Waals surface area contributed by atoms with Gasteiger partial charge in [-0.05, 0) is 49.2 Å². The molecule has 2 rings (SSSR count). The molecule has 0 spiro atoms. The Morgan fingerprint density at radius 3 is 2.19 bits per heavy atom. The third-order valence-electron chi connectivity index (χ3n) is 3.72. The lowest BCUT2D eigenvalue weighted by atomic mass is 10.1. The number of esters is 1. The van der Waals surface area contributed by atoms with Crippen molar-refractivity contribution in [2.75, 3.05) is 17.2 Å². The number of aryl methyl sites for hydroxylation is 2. The molecule has 0 atom stereocenters. The molecule has 0 bridgehead atoms. The summed E-state index contributed by atoms with van der Waals surface area (Å²) in [7, 11) is 0. The number of para-hydroxylation sites is 1. The van der Waals surface area contributed by atoms with Crippen LogP contribution in [0.1, 0.15) is 27.9 Å². The number of carbonyl (C=O) groups excluding carboxylic acids is 3. The van der Waals surface area contributed by atoms with E-state index in [0.29, 0.717) is 11.4 Å². The fraction of sp³-hybridized carbons (Fsp3) is 0.200. The van der Waals surface area contributed by atoms with Crippen LogP contribution in [0.15, 0.2) is 42.5 Å². The predicted octanol–water partition coefficient (Wildman–Crippen LogP) is 2.95. The second-order valence-corrected chi connectivity index (χ2v) is 5.85. The summed E-state index contributed by atoms with van der Waals surface area (Å²) < 4.78 is 5.02. The topological polar surface area (TPSA) is 108 Å². The first-order chi connectivity index (χ1) is 12.9. The monoisotopic (exact) mass is 365 g/mol. The molecule has 0 aliphatic rings. The number of rotatable bonds is 6. The van der Waals surface area contributed by atoms with E-state index in [0.717, 1.165) is 11.1 Å². The van der Waals surface area contributed by atoms with Gasteiger partial charge in [-0.3, -0.25) is 9.59 Å². The molecule has 0 saturated heterocycles. The molecule has 0 fully saturated rings. The fourth-order valence-corrected chi connectivity index (χ4v) is 2.37. The van der Waals surface area contributed by atoms with Gasteiger partial charge in [0, 0.05) is 11.4 Å². The summed E-state index contributed by atoms with van der Waals surface area (Å²) in [4.78, 5) is 35.4. The van der Waals surface area contributed by atoms with Crippen molar-refractivity contribution < 1.29 is 19.1 Å². The molecule has 7 heteroatoms. The van der Waals surface area contributed by atoms with Crippen molar-refractivity contribution in [3.63, 3.8) is 0 Å². The van der Waals surface area contributed by atoms with Crippen LogP contribution >= 0.6 is 0 Å². The number of carbonyl (C=O) groups is 3. The number of nitrogens with zero attached hydrogens (tertiary/aromatic N) is 1. The van der Waals surface area contributed by atoms with Gasteiger partial charge in [-0.25, -0.2) is 4.79 Å². The number of hydrogen-bond donors (Lipinski definition) is 2. The van der Waals surface area contributed by atoms with Crippen molar-refractivity contribution in [1.82, 2.24) is 0 Å². The van der Waals surface area contributed by atoms with Gasteiger partial charge in [0.15, 0.2) is 6.61 Å². The zero-order valence-electron chi connectivity index (χ0n) is 15.0. The molecule has 2 aromatic rings. The van der Waals surface area contributed by atoms with Gasteiger partial charge in [-0.1, -0.05) is 18.2 Å². The van der Waals surface area contributed by atoms with Gasteiger partial charge >= 0.3 is 5.97 Å². The number of anilines is 2. The van der Waals surface area contributed by atoms with Crippen molar-refractivity contribution in [2.45, 2.75) is 20.3 Å². The van der Waals surface area contributed by atoms with Crippen LogP contribution in [0.4, 0.5) is 11.4 Å². The highest BCUT2D eigenvalue weighted by molar-refractivity contribution is 5.97. The molecule has 0 saturated carbocycles. The summed E-state index contributed by atoms with van der Waals surface area (Å²) >= 11 is 0. The lowest BCUT2D eigenvalue weighted by molar-refractivity contribution is -0.119.